The summed E-state index contributed by atoms with van der Waals surface area (Å²) in [6, 6.07) is 9.32. The van der Waals surface area contributed by atoms with Gasteiger partial charge in [0.05, 0.1) is 10.4 Å². The van der Waals surface area contributed by atoms with Gasteiger partial charge in [-0.1, -0.05) is 16.7 Å². The number of amides is 2. The molecule has 0 aliphatic rings. The van der Waals surface area contributed by atoms with Crippen LogP contribution in [0, 0.1) is 10.1 Å². The number of aromatic hydroxyl groups is 1. The summed E-state index contributed by atoms with van der Waals surface area (Å²) >= 11 is 5.91. The zero-order valence-electron chi connectivity index (χ0n) is 12.4. The Balaban J connectivity index is 1.77. The molecule has 0 atom stereocenters. The molecular formula is C15H10ClN5O4. The molecule has 3 aromatic rings. The maximum atomic E-state index is 11.8. The van der Waals surface area contributed by atoms with E-state index in [0.29, 0.717) is 21.6 Å². The largest absolute Gasteiger partial charge is 0.493 e. The number of benzene rings is 2. The summed E-state index contributed by atoms with van der Waals surface area (Å²) in [5, 5.41) is 31.0. The van der Waals surface area contributed by atoms with Gasteiger partial charge in [-0.05, 0) is 30.3 Å². The van der Waals surface area contributed by atoms with Crippen LogP contribution in [-0.2, 0) is 0 Å². The molecule has 2 aromatic carbocycles. The molecular weight excluding hydrogens is 350 g/mol. The molecule has 10 heteroatoms. The lowest BCUT2D eigenvalue weighted by molar-refractivity contribution is -0.384. The van der Waals surface area contributed by atoms with Crippen LogP contribution in [0.4, 0.5) is 21.9 Å². The number of urea groups is 1. The Morgan fingerprint density at radius 2 is 1.96 bits per heavy atom. The van der Waals surface area contributed by atoms with Gasteiger partial charge in [-0.2, -0.15) is 0 Å². The van der Waals surface area contributed by atoms with E-state index in [2.05, 4.69) is 20.5 Å². The monoisotopic (exact) mass is 359 g/mol. The van der Waals surface area contributed by atoms with Gasteiger partial charge in [0.2, 0.25) is 5.88 Å². The van der Waals surface area contributed by atoms with E-state index in [1.54, 1.807) is 18.2 Å². The van der Waals surface area contributed by atoms with Crippen LogP contribution in [0.1, 0.15) is 0 Å². The molecule has 126 valence electrons. The van der Waals surface area contributed by atoms with E-state index in [1.807, 2.05) is 0 Å². The maximum Gasteiger partial charge on any atom is 0.364 e. The number of carbonyl (C=O) groups excluding carboxylic acids is 1. The molecule has 0 aliphatic carbocycles. The van der Waals surface area contributed by atoms with Crippen LogP contribution in [0.2, 0.25) is 5.02 Å². The fraction of sp³-hybridized carbons (Fsp3) is 0. The van der Waals surface area contributed by atoms with Gasteiger partial charge in [-0.15, -0.1) is 5.11 Å². The molecule has 0 saturated carbocycles. The highest BCUT2D eigenvalue weighted by Crippen LogP contribution is 2.36. The summed E-state index contributed by atoms with van der Waals surface area (Å²) in [7, 11) is 0. The maximum absolute atomic E-state index is 11.8. The number of azo groups is 1. The second-order valence-electron chi connectivity index (χ2n) is 4.95. The van der Waals surface area contributed by atoms with Gasteiger partial charge < -0.3 is 15.4 Å². The molecule has 2 amide bonds. The summed E-state index contributed by atoms with van der Waals surface area (Å²) < 4.78 is 0. The third kappa shape index (κ3) is 3.56. The first kappa shape index (κ1) is 16.4. The highest BCUT2D eigenvalue weighted by molar-refractivity contribution is 6.31. The average Bonchev–Trinajstić information content (AvgIpc) is 2.88. The average molecular weight is 360 g/mol. The van der Waals surface area contributed by atoms with Crippen LogP contribution in [0.25, 0.3) is 10.9 Å². The summed E-state index contributed by atoms with van der Waals surface area (Å²) in [4.78, 5) is 24.5. The summed E-state index contributed by atoms with van der Waals surface area (Å²) in [5.74, 6) is -0.246. The number of aromatic nitrogens is 1. The molecule has 0 saturated heterocycles. The lowest BCUT2D eigenvalue weighted by atomic mass is 10.2. The van der Waals surface area contributed by atoms with E-state index in [-0.39, 0.29) is 17.3 Å². The third-order valence-electron chi connectivity index (χ3n) is 3.28. The number of fused-ring (bicyclic) bond motifs is 1. The van der Waals surface area contributed by atoms with Crippen molar-refractivity contribution in [1.82, 2.24) is 4.98 Å². The first-order chi connectivity index (χ1) is 11.9. The molecule has 0 radical (unpaired) electrons. The zero-order valence-corrected chi connectivity index (χ0v) is 13.2. The highest BCUT2D eigenvalue weighted by atomic mass is 35.5. The van der Waals surface area contributed by atoms with E-state index in [0.717, 1.165) is 0 Å². The number of nitrogens with one attached hydrogen (secondary N) is 2. The second-order valence-corrected chi connectivity index (χ2v) is 5.38. The molecule has 9 nitrogen and oxygen atoms in total. The van der Waals surface area contributed by atoms with E-state index in [1.165, 1.54) is 24.3 Å². The molecule has 0 fully saturated rings. The Bertz CT molecular complexity index is 997. The number of aromatic amines is 1. The van der Waals surface area contributed by atoms with Crippen molar-refractivity contribution in [2.45, 2.75) is 0 Å². The Kier molecular flexibility index (Phi) is 4.31. The number of halogens is 1. The SMILES string of the molecule is O=C(N=Nc1c(O)[nH]c2ccc(Cl)cc12)Nc1ccc([N+](=O)[O-])cc1. The van der Waals surface area contributed by atoms with E-state index < -0.39 is 11.0 Å². The smallest absolute Gasteiger partial charge is 0.364 e. The topological polar surface area (TPSA) is 133 Å². The predicted octanol–water partition coefficient (Wildman–Crippen LogP) is 4.75. The third-order valence-corrected chi connectivity index (χ3v) is 3.52. The van der Waals surface area contributed by atoms with Crippen molar-refractivity contribution in [2.75, 3.05) is 5.32 Å². The van der Waals surface area contributed by atoms with Crippen molar-refractivity contribution in [3.63, 3.8) is 0 Å². The van der Waals surface area contributed by atoms with Crippen molar-refractivity contribution in [2.24, 2.45) is 10.2 Å². The van der Waals surface area contributed by atoms with Crippen LogP contribution in [-0.4, -0.2) is 21.0 Å². The van der Waals surface area contributed by atoms with Gasteiger partial charge in [-0.3, -0.25) is 10.1 Å². The first-order valence-electron chi connectivity index (χ1n) is 6.91. The molecule has 3 N–H and O–H groups in total. The minimum absolute atomic E-state index is 0.0800. The van der Waals surface area contributed by atoms with Gasteiger partial charge in [0.25, 0.3) is 5.69 Å². The predicted molar refractivity (Wildman–Crippen MR) is 91.6 cm³/mol. The number of nitrogens with zero attached hydrogens (tertiary/aromatic N) is 3. The van der Waals surface area contributed by atoms with Crippen molar-refractivity contribution >= 4 is 45.6 Å². The number of non-ortho nitro benzene ring substituents is 1. The van der Waals surface area contributed by atoms with Crippen LogP contribution < -0.4 is 5.32 Å². The van der Waals surface area contributed by atoms with Crippen LogP contribution in [0.15, 0.2) is 52.7 Å². The lowest BCUT2D eigenvalue weighted by Crippen LogP contribution is -2.05. The summed E-state index contributed by atoms with van der Waals surface area (Å²) in [6.07, 6.45) is 0. The number of hydrogen-bond acceptors (Lipinski definition) is 5. The fourth-order valence-electron chi connectivity index (χ4n) is 2.15. The molecule has 25 heavy (non-hydrogen) atoms. The van der Waals surface area contributed by atoms with Crippen molar-refractivity contribution in [3.8, 4) is 5.88 Å². The Morgan fingerprint density at radius 3 is 2.64 bits per heavy atom. The minimum atomic E-state index is -0.801. The number of anilines is 1. The lowest BCUT2D eigenvalue weighted by Gasteiger charge is -2.00. The fourth-order valence-corrected chi connectivity index (χ4v) is 2.32. The Morgan fingerprint density at radius 1 is 1.24 bits per heavy atom. The molecule has 0 aliphatic heterocycles. The number of hydrogen-bond donors (Lipinski definition) is 3. The number of nitro groups is 1. The minimum Gasteiger partial charge on any atom is -0.493 e. The van der Waals surface area contributed by atoms with Gasteiger partial charge >= 0.3 is 6.03 Å². The first-order valence-corrected chi connectivity index (χ1v) is 7.29. The van der Waals surface area contributed by atoms with Crippen LogP contribution >= 0.6 is 11.6 Å². The number of carbonyl (C=O) groups is 1. The number of rotatable bonds is 3. The molecule has 0 bridgehead atoms. The van der Waals surface area contributed by atoms with E-state index in [9.17, 15) is 20.0 Å². The highest BCUT2D eigenvalue weighted by Gasteiger charge is 2.12. The summed E-state index contributed by atoms with van der Waals surface area (Å²) in [5.41, 5.74) is 0.893. The van der Waals surface area contributed by atoms with Crippen molar-refractivity contribution in [1.29, 1.82) is 0 Å². The summed E-state index contributed by atoms with van der Waals surface area (Å²) in [6.45, 7) is 0. The molecule has 1 heterocycles. The molecule has 3 rings (SSSR count). The molecule has 1 aromatic heterocycles. The van der Waals surface area contributed by atoms with Gasteiger partial charge in [0.15, 0.2) is 5.69 Å². The van der Waals surface area contributed by atoms with E-state index >= 15 is 0 Å². The van der Waals surface area contributed by atoms with Crippen molar-refractivity contribution in [3.05, 3.63) is 57.6 Å². The normalized spacial score (nSPS) is 11.1. The van der Waals surface area contributed by atoms with E-state index in [4.69, 9.17) is 11.6 Å². The molecule has 0 spiro atoms. The standard InChI is InChI=1S/C15H10ClN5O4/c16-8-1-6-12-11(7-8)13(14(22)18-12)19-20-15(23)17-9-2-4-10(5-3-9)21(24)25/h1-7,18,22H,(H,17,23). The second kappa shape index (κ2) is 6.57. The Hall–Kier alpha value is -3.46. The van der Waals surface area contributed by atoms with Crippen LogP contribution in [0.3, 0.4) is 0 Å². The van der Waals surface area contributed by atoms with Gasteiger partial charge in [-0.25, -0.2) is 4.79 Å². The molecule has 0 unspecified atom stereocenters. The zero-order chi connectivity index (χ0) is 18.0. The quantitative estimate of drug-likeness (QED) is 0.353. The number of H-pyrrole nitrogens is 1. The van der Waals surface area contributed by atoms with Gasteiger partial charge in [0.1, 0.15) is 0 Å². The van der Waals surface area contributed by atoms with Gasteiger partial charge in [0, 0.05) is 28.2 Å². The van der Waals surface area contributed by atoms with Crippen LogP contribution in [0.5, 0.6) is 5.88 Å². The number of nitro benzene ring substituents is 1. The Labute approximate surface area is 145 Å². The van der Waals surface area contributed by atoms with Crippen molar-refractivity contribution < 1.29 is 14.8 Å².